The van der Waals surface area contributed by atoms with Crippen molar-refractivity contribution in [1.29, 1.82) is 0 Å². The minimum atomic E-state index is -0.503. The molecule has 0 atom stereocenters. The molecular formula is C20H19NO3. The van der Waals surface area contributed by atoms with E-state index in [1.54, 1.807) is 6.07 Å². The summed E-state index contributed by atoms with van der Waals surface area (Å²) in [5.41, 5.74) is 3.36. The van der Waals surface area contributed by atoms with Crippen molar-refractivity contribution < 1.29 is 14.3 Å². The summed E-state index contributed by atoms with van der Waals surface area (Å²) in [4.78, 5) is 22.9. The van der Waals surface area contributed by atoms with E-state index in [0.717, 1.165) is 16.7 Å². The average molecular weight is 321 g/mol. The summed E-state index contributed by atoms with van der Waals surface area (Å²) >= 11 is 0. The molecular weight excluding hydrogens is 302 g/mol. The summed E-state index contributed by atoms with van der Waals surface area (Å²) in [6, 6.07) is 14.8. The van der Waals surface area contributed by atoms with Crippen molar-refractivity contribution >= 4 is 11.9 Å². The molecule has 0 aromatic heterocycles. The molecule has 0 saturated carbocycles. The Balaban J connectivity index is 1.81. The second kappa shape index (κ2) is 8.54. The summed E-state index contributed by atoms with van der Waals surface area (Å²) < 4.78 is 5.09. The largest absolute Gasteiger partial charge is 0.445 e. The Labute approximate surface area is 141 Å². The van der Waals surface area contributed by atoms with Crippen molar-refractivity contribution in [2.24, 2.45) is 0 Å². The number of carbonyl (C=O) groups is 2. The number of ether oxygens (including phenoxy) is 1. The van der Waals surface area contributed by atoms with Crippen LogP contribution in [0.3, 0.4) is 0 Å². The zero-order valence-electron chi connectivity index (χ0n) is 13.8. The molecule has 4 heteroatoms. The molecule has 4 nitrogen and oxygen atoms in total. The first-order valence-electron chi connectivity index (χ1n) is 7.61. The van der Waals surface area contributed by atoms with Gasteiger partial charge in [0.2, 0.25) is 0 Å². The summed E-state index contributed by atoms with van der Waals surface area (Å²) in [7, 11) is 0. The lowest BCUT2D eigenvalue weighted by Gasteiger charge is -2.04. The van der Waals surface area contributed by atoms with Gasteiger partial charge in [0.05, 0.1) is 6.54 Å². The van der Waals surface area contributed by atoms with E-state index < -0.39 is 6.09 Å². The number of hydrogen-bond donors (Lipinski definition) is 1. The fourth-order valence-corrected chi connectivity index (χ4v) is 2.05. The summed E-state index contributed by atoms with van der Waals surface area (Å²) in [5.74, 6) is 5.88. The fourth-order valence-electron chi connectivity index (χ4n) is 2.05. The van der Waals surface area contributed by atoms with Gasteiger partial charge in [0.15, 0.2) is 5.78 Å². The van der Waals surface area contributed by atoms with Crippen LogP contribution >= 0.6 is 0 Å². The van der Waals surface area contributed by atoms with E-state index in [1.807, 2.05) is 49.4 Å². The molecule has 0 unspecified atom stereocenters. The van der Waals surface area contributed by atoms with Gasteiger partial charge in [0.25, 0.3) is 0 Å². The van der Waals surface area contributed by atoms with Crippen molar-refractivity contribution in [3.05, 3.63) is 70.8 Å². The minimum absolute atomic E-state index is 0.0282. The van der Waals surface area contributed by atoms with Gasteiger partial charge < -0.3 is 10.1 Å². The maximum atomic E-state index is 11.6. The molecule has 0 radical (unpaired) electrons. The Morgan fingerprint density at radius 3 is 2.54 bits per heavy atom. The van der Waals surface area contributed by atoms with Gasteiger partial charge in [-0.15, -0.1) is 0 Å². The summed E-state index contributed by atoms with van der Waals surface area (Å²) in [6.45, 7) is 3.86. The molecule has 0 aliphatic rings. The predicted molar refractivity (Wildman–Crippen MR) is 92.7 cm³/mol. The number of rotatable bonds is 4. The highest BCUT2D eigenvalue weighted by Crippen LogP contribution is 2.10. The van der Waals surface area contributed by atoms with Crippen LogP contribution in [0.15, 0.2) is 48.5 Å². The summed E-state index contributed by atoms with van der Waals surface area (Å²) in [6.07, 6.45) is -0.503. The third-order valence-electron chi connectivity index (χ3n) is 3.39. The highest BCUT2D eigenvalue weighted by molar-refractivity contribution is 5.94. The van der Waals surface area contributed by atoms with Crippen molar-refractivity contribution in [3.8, 4) is 11.8 Å². The van der Waals surface area contributed by atoms with Gasteiger partial charge in [-0.05, 0) is 37.1 Å². The molecule has 2 aromatic rings. The van der Waals surface area contributed by atoms with Crippen LogP contribution in [-0.4, -0.2) is 18.4 Å². The Morgan fingerprint density at radius 1 is 1.12 bits per heavy atom. The van der Waals surface area contributed by atoms with Crippen LogP contribution in [0.1, 0.15) is 34.0 Å². The maximum Gasteiger partial charge on any atom is 0.408 e. The zero-order valence-corrected chi connectivity index (χ0v) is 13.8. The normalized spacial score (nSPS) is 9.58. The molecule has 1 amide bonds. The number of alkyl carbamates (subject to hydrolysis) is 1. The standard InChI is InChI=1S/C20H19NO3/c1-15-13-19(16(2)22)11-10-18(15)9-6-12-21-20(23)24-14-17-7-4-3-5-8-17/h3-5,7-8,10-11,13H,12,14H2,1-2H3,(H,21,23). The van der Waals surface area contributed by atoms with Crippen LogP contribution in [0.4, 0.5) is 4.79 Å². The van der Waals surface area contributed by atoms with Crippen molar-refractivity contribution in [2.45, 2.75) is 20.5 Å². The van der Waals surface area contributed by atoms with E-state index in [2.05, 4.69) is 17.2 Å². The lowest BCUT2D eigenvalue weighted by Crippen LogP contribution is -2.24. The molecule has 0 spiro atoms. The topological polar surface area (TPSA) is 55.4 Å². The SMILES string of the molecule is CC(=O)c1ccc(C#CCNC(=O)OCc2ccccc2)c(C)c1. The monoisotopic (exact) mass is 321 g/mol. The smallest absolute Gasteiger partial charge is 0.408 e. The first-order valence-corrected chi connectivity index (χ1v) is 7.61. The number of hydrogen-bond acceptors (Lipinski definition) is 3. The second-order valence-corrected chi connectivity index (χ2v) is 5.30. The maximum absolute atomic E-state index is 11.6. The van der Waals surface area contributed by atoms with Crippen LogP contribution in [-0.2, 0) is 11.3 Å². The second-order valence-electron chi connectivity index (χ2n) is 5.30. The lowest BCUT2D eigenvalue weighted by molar-refractivity contribution is 0.101. The summed E-state index contributed by atoms with van der Waals surface area (Å²) in [5, 5.41) is 2.58. The molecule has 24 heavy (non-hydrogen) atoms. The van der Waals surface area contributed by atoms with E-state index in [4.69, 9.17) is 4.74 Å². The van der Waals surface area contributed by atoms with Crippen LogP contribution in [0, 0.1) is 18.8 Å². The highest BCUT2D eigenvalue weighted by Gasteiger charge is 2.02. The van der Waals surface area contributed by atoms with E-state index in [0.29, 0.717) is 5.56 Å². The van der Waals surface area contributed by atoms with Crippen molar-refractivity contribution in [2.75, 3.05) is 6.54 Å². The number of amides is 1. The third kappa shape index (κ3) is 5.29. The Kier molecular flexibility index (Phi) is 6.16. The van der Waals surface area contributed by atoms with E-state index >= 15 is 0 Å². The number of nitrogens with one attached hydrogen (secondary N) is 1. The van der Waals surface area contributed by atoms with E-state index in [-0.39, 0.29) is 18.9 Å². The number of carbonyl (C=O) groups excluding carboxylic acids is 2. The molecule has 0 heterocycles. The number of benzene rings is 2. The average Bonchev–Trinajstić information content (AvgIpc) is 2.58. The molecule has 1 N–H and O–H groups in total. The quantitative estimate of drug-likeness (QED) is 0.693. The Hall–Kier alpha value is -3.06. The Morgan fingerprint density at radius 2 is 1.88 bits per heavy atom. The van der Waals surface area contributed by atoms with Crippen LogP contribution in [0.2, 0.25) is 0 Å². The van der Waals surface area contributed by atoms with Crippen LogP contribution < -0.4 is 5.32 Å². The number of aryl methyl sites for hydroxylation is 1. The first-order chi connectivity index (χ1) is 11.6. The molecule has 122 valence electrons. The molecule has 0 saturated heterocycles. The van der Waals surface area contributed by atoms with Gasteiger partial charge in [0, 0.05) is 11.1 Å². The molecule has 0 bridgehead atoms. The van der Waals surface area contributed by atoms with Gasteiger partial charge in [-0.25, -0.2) is 4.79 Å². The van der Waals surface area contributed by atoms with Crippen molar-refractivity contribution in [3.63, 3.8) is 0 Å². The number of ketones is 1. The molecule has 0 fully saturated rings. The van der Waals surface area contributed by atoms with Crippen molar-refractivity contribution in [1.82, 2.24) is 5.32 Å². The minimum Gasteiger partial charge on any atom is -0.445 e. The van der Waals surface area contributed by atoms with E-state index in [1.165, 1.54) is 6.92 Å². The van der Waals surface area contributed by atoms with Crippen LogP contribution in [0.25, 0.3) is 0 Å². The third-order valence-corrected chi connectivity index (χ3v) is 3.39. The molecule has 0 aliphatic heterocycles. The Bertz CT molecular complexity index is 786. The predicted octanol–water partition coefficient (Wildman–Crippen LogP) is 3.48. The van der Waals surface area contributed by atoms with Gasteiger partial charge in [-0.1, -0.05) is 48.2 Å². The van der Waals surface area contributed by atoms with Crippen LogP contribution in [0.5, 0.6) is 0 Å². The van der Waals surface area contributed by atoms with Gasteiger partial charge >= 0.3 is 6.09 Å². The fraction of sp³-hybridized carbons (Fsp3) is 0.200. The molecule has 2 rings (SSSR count). The first kappa shape index (κ1) is 17.3. The molecule has 2 aromatic carbocycles. The van der Waals surface area contributed by atoms with Gasteiger partial charge in [-0.2, -0.15) is 0 Å². The zero-order chi connectivity index (χ0) is 17.4. The molecule has 0 aliphatic carbocycles. The van der Waals surface area contributed by atoms with Gasteiger partial charge in [-0.3, -0.25) is 4.79 Å². The lowest BCUT2D eigenvalue weighted by atomic mass is 10.0. The highest BCUT2D eigenvalue weighted by atomic mass is 16.5. The van der Waals surface area contributed by atoms with E-state index in [9.17, 15) is 9.59 Å². The number of Topliss-reactive ketones (excluding diaryl/α,β-unsaturated/α-hetero) is 1. The van der Waals surface area contributed by atoms with Gasteiger partial charge in [0.1, 0.15) is 6.61 Å².